The maximum atomic E-state index is 12.0. The van der Waals surface area contributed by atoms with Crippen molar-refractivity contribution >= 4 is 29.3 Å². The molecule has 1 aliphatic rings. The van der Waals surface area contributed by atoms with Crippen LogP contribution in [-0.4, -0.2) is 54.4 Å². The van der Waals surface area contributed by atoms with Gasteiger partial charge in [0.25, 0.3) is 0 Å². The molecule has 1 aliphatic heterocycles. The highest BCUT2D eigenvalue weighted by molar-refractivity contribution is 7.99. The van der Waals surface area contributed by atoms with E-state index in [1.807, 2.05) is 25.6 Å². The number of hydrogen-bond donors (Lipinski definition) is 1. The Kier molecular flexibility index (Phi) is 8.81. The number of thioether (sulfide) groups is 1. The second-order valence-corrected chi connectivity index (χ2v) is 7.69. The van der Waals surface area contributed by atoms with E-state index in [1.54, 1.807) is 4.90 Å². The lowest BCUT2D eigenvalue weighted by Gasteiger charge is -2.28. The van der Waals surface area contributed by atoms with Crippen molar-refractivity contribution in [3.8, 4) is 0 Å². The van der Waals surface area contributed by atoms with Crippen LogP contribution in [0.3, 0.4) is 0 Å². The fourth-order valence-electron chi connectivity index (χ4n) is 3.07. The molecular weight excluding hydrogens is 346 g/mol. The van der Waals surface area contributed by atoms with Crippen LogP contribution in [0.25, 0.3) is 0 Å². The maximum Gasteiger partial charge on any atom is 0.222 e. The summed E-state index contributed by atoms with van der Waals surface area (Å²) in [6, 6.07) is 8.45. The third-order valence-electron chi connectivity index (χ3n) is 4.71. The van der Waals surface area contributed by atoms with E-state index in [2.05, 4.69) is 34.5 Å². The minimum atomic E-state index is 0.00878. The second-order valence-electron chi connectivity index (χ2n) is 6.46. The Morgan fingerprint density at radius 2 is 1.73 bits per heavy atom. The van der Waals surface area contributed by atoms with Gasteiger partial charge in [-0.3, -0.25) is 9.59 Å². The molecule has 0 saturated carbocycles. The first kappa shape index (κ1) is 20.6. The van der Waals surface area contributed by atoms with Crippen molar-refractivity contribution < 1.29 is 9.59 Å². The molecule has 6 heteroatoms. The highest BCUT2D eigenvalue weighted by Crippen LogP contribution is 2.19. The molecule has 0 atom stereocenters. The van der Waals surface area contributed by atoms with Crippen LogP contribution in [0.5, 0.6) is 0 Å². The Morgan fingerprint density at radius 1 is 1.08 bits per heavy atom. The number of carbonyl (C=O) groups is 2. The largest absolute Gasteiger partial charge is 0.370 e. The van der Waals surface area contributed by atoms with E-state index in [0.717, 1.165) is 31.7 Å². The average Bonchev–Trinajstić information content (AvgIpc) is 2.68. The van der Waals surface area contributed by atoms with Crippen LogP contribution in [-0.2, 0) is 16.1 Å². The Morgan fingerprint density at radius 3 is 2.35 bits per heavy atom. The van der Waals surface area contributed by atoms with Gasteiger partial charge in [0.1, 0.15) is 0 Å². The molecule has 1 aromatic carbocycles. The first-order valence-electron chi connectivity index (χ1n) is 9.60. The molecule has 0 unspecified atom stereocenters. The van der Waals surface area contributed by atoms with Crippen molar-refractivity contribution in [3.05, 3.63) is 29.8 Å². The van der Waals surface area contributed by atoms with Gasteiger partial charge in [-0.05, 0) is 38.0 Å². The number of anilines is 1. The summed E-state index contributed by atoms with van der Waals surface area (Å²) >= 11 is 2.01. The normalized spacial score (nSPS) is 14.2. The summed E-state index contributed by atoms with van der Waals surface area (Å²) in [5.74, 6) is 2.52. The first-order valence-corrected chi connectivity index (χ1v) is 10.8. The summed E-state index contributed by atoms with van der Waals surface area (Å²) in [4.78, 5) is 28.1. The van der Waals surface area contributed by atoms with Gasteiger partial charge in [-0.15, -0.1) is 0 Å². The molecule has 1 saturated heterocycles. The minimum Gasteiger partial charge on any atom is -0.370 e. The zero-order valence-electron chi connectivity index (χ0n) is 16.0. The van der Waals surface area contributed by atoms with Crippen molar-refractivity contribution in [1.82, 2.24) is 10.2 Å². The number of rotatable bonds is 9. The molecule has 0 aromatic heterocycles. The van der Waals surface area contributed by atoms with Gasteiger partial charge >= 0.3 is 0 Å². The van der Waals surface area contributed by atoms with Crippen molar-refractivity contribution in [2.45, 2.75) is 39.7 Å². The number of amides is 2. The van der Waals surface area contributed by atoms with Crippen LogP contribution in [0.1, 0.15) is 38.7 Å². The molecule has 0 spiro atoms. The molecule has 1 fully saturated rings. The Labute approximate surface area is 161 Å². The smallest absolute Gasteiger partial charge is 0.222 e. The second kappa shape index (κ2) is 11.1. The van der Waals surface area contributed by atoms with Crippen LogP contribution in [0.4, 0.5) is 5.69 Å². The van der Waals surface area contributed by atoms with Gasteiger partial charge in [0, 0.05) is 62.8 Å². The van der Waals surface area contributed by atoms with E-state index in [9.17, 15) is 9.59 Å². The molecule has 1 heterocycles. The number of nitrogens with zero attached hydrogens (tertiary/aromatic N) is 2. The monoisotopic (exact) mass is 377 g/mol. The zero-order chi connectivity index (χ0) is 18.8. The van der Waals surface area contributed by atoms with Crippen molar-refractivity contribution in [3.63, 3.8) is 0 Å². The summed E-state index contributed by atoms with van der Waals surface area (Å²) < 4.78 is 0. The molecule has 144 valence electrons. The highest BCUT2D eigenvalue weighted by atomic mass is 32.2. The molecule has 1 aromatic rings. The van der Waals surface area contributed by atoms with E-state index in [1.165, 1.54) is 17.2 Å². The fraction of sp³-hybridized carbons (Fsp3) is 0.600. The lowest BCUT2D eigenvalue weighted by molar-refractivity contribution is -0.131. The van der Waals surface area contributed by atoms with Crippen LogP contribution >= 0.6 is 11.8 Å². The van der Waals surface area contributed by atoms with E-state index in [-0.39, 0.29) is 11.8 Å². The zero-order valence-corrected chi connectivity index (χ0v) is 16.8. The quantitative estimate of drug-likeness (QED) is 0.719. The average molecular weight is 378 g/mol. The van der Waals surface area contributed by atoms with Crippen LogP contribution < -0.4 is 10.2 Å². The Hall–Kier alpha value is -1.69. The molecule has 2 rings (SSSR count). The lowest BCUT2D eigenvalue weighted by Crippen LogP contribution is -2.32. The lowest BCUT2D eigenvalue weighted by atomic mass is 10.1. The van der Waals surface area contributed by atoms with E-state index < -0.39 is 0 Å². The standard InChI is InChI=1S/C20H31N3O2S/c1-3-22(4-2)20(25)7-5-6-19(24)21-16-17-8-10-18(11-9-17)23-12-14-26-15-13-23/h8-11H,3-7,12-16H2,1-2H3,(H,21,24). The van der Waals surface area contributed by atoms with Crippen LogP contribution in [0.2, 0.25) is 0 Å². The van der Waals surface area contributed by atoms with Crippen LogP contribution in [0, 0.1) is 0 Å². The molecule has 0 aliphatic carbocycles. The topological polar surface area (TPSA) is 52.7 Å². The van der Waals surface area contributed by atoms with E-state index in [4.69, 9.17) is 0 Å². The van der Waals surface area contributed by atoms with Gasteiger partial charge in [-0.1, -0.05) is 12.1 Å². The van der Waals surface area contributed by atoms with Gasteiger partial charge in [-0.25, -0.2) is 0 Å². The van der Waals surface area contributed by atoms with Gasteiger partial charge < -0.3 is 15.1 Å². The number of carbonyl (C=O) groups excluding carboxylic acids is 2. The molecule has 0 radical (unpaired) electrons. The molecule has 2 amide bonds. The summed E-state index contributed by atoms with van der Waals surface area (Å²) in [5.41, 5.74) is 2.36. The molecule has 26 heavy (non-hydrogen) atoms. The van der Waals surface area contributed by atoms with Gasteiger partial charge in [-0.2, -0.15) is 11.8 Å². The Balaban J connectivity index is 1.67. The molecular formula is C20H31N3O2S. The minimum absolute atomic E-state index is 0.00878. The highest BCUT2D eigenvalue weighted by Gasteiger charge is 2.12. The molecule has 5 nitrogen and oxygen atoms in total. The summed E-state index contributed by atoms with van der Waals surface area (Å²) in [5, 5.41) is 2.95. The van der Waals surface area contributed by atoms with E-state index in [0.29, 0.717) is 25.8 Å². The van der Waals surface area contributed by atoms with Gasteiger partial charge in [0.15, 0.2) is 0 Å². The van der Waals surface area contributed by atoms with Crippen LogP contribution in [0.15, 0.2) is 24.3 Å². The predicted molar refractivity (Wildman–Crippen MR) is 110 cm³/mol. The SMILES string of the molecule is CCN(CC)C(=O)CCCC(=O)NCc1ccc(N2CCSCC2)cc1. The third-order valence-corrected chi connectivity index (χ3v) is 5.66. The van der Waals surface area contributed by atoms with Gasteiger partial charge in [0.2, 0.25) is 11.8 Å². The van der Waals surface area contributed by atoms with Gasteiger partial charge in [0.05, 0.1) is 0 Å². The van der Waals surface area contributed by atoms with Crippen molar-refractivity contribution in [2.24, 2.45) is 0 Å². The number of benzene rings is 1. The molecule has 0 bridgehead atoms. The summed E-state index contributed by atoms with van der Waals surface area (Å²) in [7, 11) is 0. The molecule has 1 N–H and O–H groups in total. The predicted octanol–water partition coefficient (Wildman–Crippen LogP) is 2.89. The third kappa shape index (κ3) is 6.56. The Bertz CT molecular complexity index is 567. The fourth-order valence-corrected chi connectivity index (χ4v) is 3.97. The summed E-state index contributed by atoms with van der Waals surface area (Å²) in [6.07, 6.45) is 1.45. The van der Waals surface area contributed by atoms with Crippen molar-refractivity contribution in [1.29, 1.82) is 0 Å². The maximum absolute atomic E-state index is 12.0. The summed E-state index contributed by atoms with van der Waals surface area (Å²) in [6.45, 7) is 8.16. The number of nitrogens with one attached hydrogen (secondary N) is 1. The van der Waals surface area contributed by atoms with E-state index >= 15 is 0 Å². The van der Waals surface area contributed by atoms with Crippen molar-refractivity contribution in [2.75, 3.05) is 42.6 Å². The first-order chi connectivity index (χ1) is 12.6. The number of hydrogen-bond acceptors (Lipinski definition) is 4.